The lowest BCUT2D eigenvalue weighted by Crippen LogP contribution is -2.32. The molecule has 510 valence electrons. The Hall–Kier alpha value is -15.0. The molecule has 0 radical (unpaired) electrons. The van der Waals surface area contributed by atoms with Crippen molar-refractivity contribution in [3.63, 3.8) is 0 Å². The average Bonchev–Trinajstić information content (AvgIpc) is 1.49. The monoisotopic (exact) mass is 1400 g/mol. The van der Waals surface area contributed by atoms with Gasteiger partial charge >= 0.3 is 0 Å². The van der Waals surface area contributed by atoms with Crippen LogP contribution in [0.2, 0.25) is 0 Å². The van der Waals surface area contributed by atoms with Gasteiger partial charge in [0, 0.05) is 55.6 Å². The van der Waals surface area contributed by atoms with Gasteiger partial charge in [0.15, 0.2) is 11.6 Å². The minimum atomic E-state index is -0.850. The number of nitriles is 2. The fourth-order valence-corrected chi connectivity index (χ4v) is 17.6. The molecule has 15 aromatic carbocycles. The van der Waals surface area contributed by atoms with Gasteiger partial charge in [0.05, 0.1) is 56.9 Å². The first-order valence-electron chi connectivity index (χ1n) is 36.9. The van der Waals surface area contributed by atoms with Gasteiger partial charge in [0.1, 0.15) is 23.0 Å². The van der Waals surface area contributed by atoms with Crippen LogP contribution in [0.15, 0.2) is 364 Å². The summed E-state index contributed by atoms with van der Waals surface area (Å²) in [6, 6.07) is 132. The minimum Gasteiger partial charge on any atom is -0.457 e. The molecule has 1 atom stereocenters. The van der Waals surface area contributed by atoms with Crippen LogP contribution in [0.3, 0.4) is 0 Å². The lowest BCUT2D eigenvalue weighted by molar-refractivity contribution is 0.436. The molecule has 0 N–H and O–H groups in total. The molecule has 1 unspecified atom stereocenters. The van der Waals surface area contributed by atoms with Gasteiger partial charge in [-0.25, -0.2) is 19.9 Å². The Morgan fingerprint density at radius 3 is 1.05 bits per heavy atom. The minimum absolute atomic E-state index is 0.583. The van der Waals surface area contributed by atoms with E-state index in [1.54, 1.807) is 0 Å². The SMILES string of the molecule is N#Cc1ccc(-c2ccc3c(c2)Oc2cc(-c4cccc(-c5cc(-c6cccc(-c7cccc8c7-c7ccccc7C87c8ccc(-c9cccc(C#N)c9)cc8Oc8cc(-c9cc(-c%10ccccc%10)nc(-c%10ccccc%10)n9)ccc87)c6)nc(-c6ccccc6)n5)c4)ccc2C32c3ccccc3-c3ccccc32)cc1. The molecule has 21 rings (SSSR count). The third-order valence-electron chi connectivity index (χ3n) is 22.5. The average molecular weight is 1400 g/mol. The molecular formula is C102H60N6O2. The molecule has 2 aromatic heterocycles. The van der Waals surface area contributed by atoms with Crippen molar-refractivity contribution in [3.8, 4) is 170 Å². The summed E-state index contributed by atoms with van der Waals surface area (Å²) in [7, 11) is 0. The molecule has 4 heterocycles. The first-order chi connectivity index (χ1) is 54.4. The summed E-state index contributed by atoms with van der Waals surface area (Å²) in [5, 5.41) is 19.8. The Kier molecular flexibility index (Phi) is 14.7. The number of rotatable bonds is 10. The Morgan fingerprint density at radius 2 is 0.536 bits per heavy atom. The summed E-state index contributed by atoms with van der Waals surface area (Å²) in [5.74, 6) is 4.23. The molecule has 0 saturated heterocycles. The van der Waals surface area contributed by atoms with E-state index in [1.807, 2.05) is 103 Å². The zero-order valence-electron chi connectivity index (χ0n) is 59.1. The van der Waals surface area contributed by atoms with Gasteiger partial charge in [0.2, 0.25) is 0 Å². The van der Waals surface area contributed by atoms with Crippen molar-refractivity contribution in [2.24, 2.45) is 0 Å². The second-order valence-electron chi connectivity index (χ2n) is 28.5. The van der Waals surface area contributed by atoms with Gasteiger partial charge in [0.25, 0.3) is 0 Å². The molecule has 8 nitrogen and oxygen atoms in total. The molecule has 2 aliphatic heterocycles. The normalized spacial score (nSPS) is 13.9. The predicted octanol–water partition coefficient (Wildman–Crippen LogP) is 24.6. The standard InChI is InChI=1S/C102H60N6O2/c103-61-63-40-42-65(43-41-63)71-44-48-85-94(55-71)109-95-57-73(46-49-86(95)101(85)82-36-13-10-32-79(82)80-33-11-14-37-83(80)101)70-28-17-30-75(53-70)91-60-92(107-100(106-91)68-25-8-3-9-26-68)76-31-18-29-74(54-76)78-35-19-39-89-98(78)81-34-12-15-38-84(81)102(89)87-50-45-72(69-27-16-20-64(52-69)62-104)56-96(87)110-97-58-77(47-51-88(97)102)93-59-90(66-21-4-1-5-22-66)105-99(108-93)67-23-6-2-7-24-67/h1-60H. The molecule has 0 saturated carbocycles. The van der Waals surface area contributed by atoms with Gasteiger partial charge in [-0.15, -0.1) is 0 Å². The van der Waals surface area contributed by atoms with Crippen LogP contribution in [-0.2, 0) is 10.8 Å². The molecule has 17 aromatic rings. The van der Waals surface area contributed by atoms with Gasteiger partial charge in [-0.1, -0.05) is 291 Å². The Bertz CT molecular complexity index is 6650. The Labute approximate surface area is 636 Å². The third kappa shape index (κ3) is 10.1. The van der Waals surface area contributed by atoms with E-state index >= 15 is 0 Å². The lowest BCUT2D eigenvalue weighted by atomic mass is 9.65. The Balaban J connectivity index is 0.687. The van der Waals surface area contributed by atoms with Gasteiger partial charge < -0.3 is 9.47 Å². The fourth-order valence-electron chi connectivity index (χ4n) is 17.6. The van der Waals surface area contributed by atoms with Crippen molar-refractivity contribution >= 4 is 0 Å². The number of nitrogens with zero attached hydrogens (tertiary/aromatic N) is 6. The maximum absolute atomic E-state index is 10.1. The van der Waals surface area contributed by atoms with E-state index in [1.165, 1.54) is 22.3 Å². The van der Waals surface area contributed by atoms with Crippen molar-refractivity contribution in [2.75, 3.05) is 0 Å². The Morgan fingerprint density at radius 1 is 0.209 bits per heavy atom. The topological polar surface area (TPSA) is 118 Å². The number of hydrogen-bond donors (Lipinski definition) is 0. The van der Waals surface area contributed by atoms with E-state index in [0.29, 0.717) is 28.5 Å². The molecule has 0 bridgehead atoms. The van der Waals surface area contributed by atoms with Crippen molar-refractivity contribution in [2.45, 2.75) is 10.8 Å². The summed E-state index contributed by atoms with van der Waals surface area (Å²) in [4.78, 5) is 21.3. The molecule has 2 aliphatic carbocycles. The molecule has 2 spiro atoms. The van der Waals surface area contributed by atoms with Crippen LogP contribution in [-0.4, -0.2) is 19.9 Å². The highest BCUT2D eigenvalue weighted by Crippen LogP contribution is 2.66. The van der Waals surface area contributed by atoms with Gasteiger partial charge in [-0.2, -0.15) is 10.5 Å². The van der Waals surface area contributed by atoms with Crippen LogP contribution in [0.4, 0.5) is 0 Å². The first-order valence-corrected chi connectivity index (χ1v) is 36.9. The van der Waals surface area contributed by atoms with Crippen LogP contribution < -0.4 is 9.47 Å². The predicted molar refractivity (Wildman–Crippen MR) is 436 cm³/mol. The molecule has 4 aliphatic rings. The van der Waals surface area contributed by atoms with Crippen molar-refractivity contribution in [1.82, 2.24) is 19.9 Å². The number of fused-ring (bicyclic) bond motifs is 18. The summed E-state index contributed by atoms with van der Waals surface area (Å²) in [5.41, 5.74) is 29.9. The summed E-state index contributed by atoms with van der Waals surface area (Å²) in [6.07, 6.45) is 0. The van der Waals surface area contributed by atoms with E-state index in [0.717, 1.165) is 162 Å². The molecule has 0 fully saturated rings. The fraction of sp³-hybridized carbons (Fsp3) is 0.0196. The van der Waals surface area contributed by atoms with Crippen LogP contribution in [0.5, 0.6) is 23.0 Å². The van der Waals surface area contributed by atoms with Crippen molar-refractivity contribution in [1.29, 1.82) is 10.5 Å². The van der Waals surface area contributed by atoms with E-state index < -0.39 is 10.8 Å². The number of aromatic nitrogens is 4. The van der Waals surface area contributed by atoms with Crippen molar-refractivity contribution in [3.05, 3.63) is 420 Å². The first kappa shape index (κ1) is 63.5. The third-order valence-corrected chi connectivity index (χ3v) is 22.5. The zero-order chi connectivity index (χ0) is 73.0. The molecule has 0 amide bonds. The van der Waals surface area contributed by atoms with E-state index in [4.69, 9.17) is 29.4 Å². The van der Waals surface area contributed by atoms with E-state index in [-0.39, 0.29) is 0 Å². The summed E-state index contributed by atoms with van der Waals surface area (Å²) in [6.45, 7) is 0. The highest BCUT2D eigenvalue weighted by molar-refractivity contribution is 5.98. The quantitative estimate of drug-likeness (QED) is 0.133. The smallest absolute Gasteiger partial charge is 0.160 e. The van der Waals surface area contributed by atoms with Gasteiger partial charge in [-0.05, 0) is 162 Å². The highest BCUT2D eigenvalue weighted by atomic mass is 16.5. The van der Waals surface area contributed by atoms with E-state index in [9.17, 15) is 10.5 Å². The lowest BCUT2D eigenvalue weighted by Gasteiger charge is -2.39. The van der Waals surface area contributed by atoms with E-state index in [2.05, 4.69) is 273 Å². The molecular weight excluding hydrogens is 1340 g/mol. The number of hydrogen-bond acceptors (Lipinski definition) is 8. The van der Waals surface area contributed by atoms with Crippen LogP contribution in [0, 0.1) is 22.7 Å². The second-order valence-corrected chi connectivity index (χ2v) is 28.5. The highest BCUT2D eigenvalue weighted by Gasteiger charge is 2.53. The van der Waals surface area contributed by atoms with Crippen LogP contribution in [0.25, 0.3) is 135 Å². The largest absolute Gasteiger partial charge is 0.457 e. The number of benzene rings is 15. The van der Waals surface area contributed by atoms with Gasteiger partial charge in [-0.3, -0.25) is 0 Å². The van der Waals surface area contributed by atoms with Crippen LogP contribution in [0.1, 0.15) is 55.6 Å². The molecule has 8 heteroatoms. The maximum atomic E-state index is 10.1. The van der Waals surface area contributed by atoms with Crippen LogP contribution >= 0.6 is 0 Å². The molecule has 110 heavy (non-hydrogen) atoms. The summed E-state index contributed by atoms with van der Waals surface area (Å²) >= 11 is 0. The van der Waals surface area contributed by atoms with Crippen molar-refractivity contribution < 1.29 is 9.47 Å². The zero-order valence-corrected chi connectivity index (χ0v) is 59.1. The maximum Gasteiger partial charge on any atom is 0.160 e. The number of ether oxygens (including phenoxy) is 2. The second kappa shape index (κ2) is 25.4. The summed E-state index contributed by atoms with van der Waals surface area (Å²) < 4.78 is 14.6.